The van der Waals surface area contributed by atoms with E-state index in [0.29, 0.717) is 18.1 Å². The number of hydrogen-bond donors (Lipinski definition) is 1. The molecule has 1 aliphatic rings. The van der Waals surface area contributed by atoms with Gasteiger partial charge in [0.25, 0.3) is 0 Å². The summed E-state index contributed by atoms with van der Waals surface area (Å²) in [6, 6.07) is 12.3. The zero-order valence-corrected chi connectivity index (χ0v) is 12.3. The van der Waals surface area contributed by atoms with Gasteiger partial charge < -0.3 is 10.5 Å². The van der Waals surface area contributed by atoms with Gasteiger partial charge in [-0.15, -0.1) is 0 Å². The number of benzene rings is 2. The van der Waals surface area contributed by atoms with Gasteiger partial charge in [-0.1, -0.05) is 41.9 Å². The van der Waals surface area contributed by atoms with Crippen LogP contribution >= 0.6 is 11.6 Å². The topological polar surface area (TPSA) is 35.2 Å². The van der Waals surface area contributed by atoms with Crippen LogP contribution in [0.15, 0.2) is 42.5 Å². The number of halogens is 2. The summed E-state index contributed by atoms with van der Waals surface area (Å²) in [7, 11) is 0. The van der Waals surface area contributed by atoms with E-state index >= 15 is 0 Å². The maximum atomic E-state index is 13.1. The molecule has 1 heterocycles. The Morgan fingerprint density at radius 1 is 1.29 bits per heavy atom. The van der Waals surface area contributed by atoms with E-state index in [-0.39, 0.29) is 18.0 Å². The molecule has 110 valence electrons. The van der Waals surface area contributed by atoms with Crippen molar-refractivity contribution in [3.63, 3.8) is 0 Å². The van der Waals surface area contributed by atoms with Crippen molar-refractivity contribution in [1.82, 2.24) is 0 Å². The van der Waals surface area contributed by atoms with E-state index in [1.165, 1.54) is 23.3 Å². The molecular formula is C17H17ClFNO. The predicted octanol–water partition coefficient (Wildman–Crippen LogP) is 4.18. The maximum Gasteiger partial charge on any atom is 0.124 e. The van der Waals surface area contributed by atoms with Crippen molar-refractivity contribution in [2.45, 2.75) is 25.0 Å². The minimum atomic E-state index is -0.352. The summed E-state index contributed by atoms with van der Waals surface area (Å²) in [6.45, 7) is 0.700. The van der Waals surface area contributed by atoms with Crippen LogP contribution in [0, 0.1) is 5.82 Å². The first-order valence-electron chi connectivity index (χ1n) is 7.05. The first-order chi connectivity index (χ1) is 10.1. The Morgan fingerprint density at radius 3 is 2.90 bits per heavy atom. The van der Waals surface area contributed by atoms with Crippen LogP contribution in [-0.2, 0) is 11.2 Å². The molecule has 1 aliphatic heterocycles. The normalized spacial score (nSPS) is 19.1. The van der Waals surface area contributed by atoms with Crippen molar-refractivity contribution in [2.24, 2.45) is 5.73 Å². The van der Waals surface area contributed by atoms with E-state index in [2.05, 4.69) is 12.1 Å². The van der Waals surface area contributed by atoms with Gasteiger partial charge in [-0.05, 0) is 41.7 Å². The molecule has 0 spiro atoms. The molecule has 2 N–H and O–H groups in total. The average molecular weight is 306 g/mol. The molecule has 0 radical (unpaired) electrons. The Hall–Kier alpha value is -1.42. The molecule has 0 fully saturated rings. The lowest BCUT2D eigenvalue weighted by Gasteiger charge is -2.28. The van der Waals surface area contributed by atoms with E-state index in [1.54, 1.807) is 6.07 Å². The molecule has 2 unspecified atom stereocenters. The van der Waals surface area contributed by atoms with Crippen LogP contribution in [0.4, 0.5) is 4.39 Å². The summed E-state index contributed by atoms with van der Waals surface area (Å²) in [5.74, 6) is -0.352. The number of nitrogens with two attached hydrogens (primary N) is 1. The molecule has 2 aromatic rings. The van der Waals surface area contributed by atoms with Gasteiger partial charge >= 0.3 is 0 Å². The van der Waals surface area contributed by atoms with Crippen LogP contribution in [0.5, 0.6) is 0 Å². The first kappa shape index (κ1) is 14.5. The van der Waals surface area contributed by atoms with Gasteiger partial charge in [0, 0.05) is 11.1 Å². The first-order valence-corrected chi connectivity index (χ1v) is 7.43. The summed E-state index contributed by atoms with van der Waals surface area (Å²) in [4.78, 5) is 0. The van der Waals surface area contributed by atoms with Crippen molar-refractivity contribution in [3.8, 4) is 0 Å². The summed E-state index contributed by atoms with van der Waals surface area (Å²) >= 11 is 6.08. The van der Waals surface area contributed by atoms with Gasteiger partial charge in [0.1, 0.15) is 5.82 Å². The quantitative estimate of drug-likeness (QED) is 0.923. The Morgan fingerprint density at radius 2 is 2.10 bits per heavy atom. The second-order valence-corrected chi connectivity index (χ2v) is 5.72. The molecule has 0 amide bonds. The Balaban J connectivity index is 1.81. The van der Waals surface area contributed by atoms with Crippen LogP contribution in [0.1, 0.15) is 35.3 Å². The molecule has 0 saturated carbocycles. The highest BCUT2D eigenvalue weighted by atomic mass is 35.5. The molecule has 0 aliphatic carbocycles. The number of hydrogen-bond acceptors (Lipinski definition) is 2. The fraction of sp³-hybridized carbons (Fsp3) is 0.294. The third-order valence-electron chi connectivity index (χ3n) is 3.92. The predicted molar refractivity (Wildman–Crippen MR) is 81.8 cm³/mol. The van der Waals surface area contributed by atoms with Crippen molar-refractivity contribution in [1.29, 1.82) is 0 Å². The van der Waals surface area contributed by atoms with Crippen LogP contribution in [0.3, 0.4) is 0 Å². The van der Waals surface area contributed by atoms with Gasteiger partial charge in [-0.3, -0.25) is 0 Å². The van der Waals surface area contributed by atoms with E-state index in [0.717, 1.165) is 12.0 Å². The largest absolute Gasteiger partial charge is 0.373 e. The van der Waals surface area contributed by atoms with Crippen molar-refractivity contribution in [2.75, 3.05) is 6.61 Å². The highest BCUT2D eigenvalue weighted by molar-refractivity contribution is 6.31. The van der Waals surface area contributed by atoms with Crippen molar-refractivity contribution < 1.29 is 9.13 Å². The number of fused-ring (bicyclic) bond motifs is 1. The molecular weight excluding hydrogens is 289 g/mol. The Labute approximate surface area is 128 Å². The van der Waals surface area contributed by atoms with Crippen LogP contribution in [0.25, 0.3) is 0 Å². The summed E-state index contributed by atoms with van der Waals surface area (Å²) in [5.41, 5.74) is 9.50. The smallest absolute Gasteiger partial charge is 0.124 e. The van der Waals surface area contributed by atoms with Crippen LogP contribution in [-0.4, -0.2) is 6.61 Å². The molecule has 0 bridgehead atoms. The van der Waals surface area contributed by atoms with Gasteiger partial charge in [0.05, 0.1) is 12.7 Å². The molecule has 3 rings (SSSR count). The average Bonchev–Trinajstić information content (AvgIpc) is 2.47. The zero-order chi connectivity index (χ0) is 14.8. The standard InChI is InChI=1S/C17H17ClFNO/c18-15-9-12(19)5-6-14(15)16(20)10-17-13-4-2-1-3-11(13)7-8-21-17/h1-6,9,16-17H,7-8,10,20H2. The minimum absolute atomic E-state index is 0.0360. The van der Waals surface area contributed by atoms with E-state index < -0.39 is 0 Å². The van der Waals surface area contributed by atoms with Gasteiger partial charge in [-0.2, -0.15) is 0 Å². The fourth-order valence-corrected chi connectivity index (χ4v) is 3.14. The maximum absolute atomic E-state index is 13.1. The third kappa shape index (κ3) is 3.10. The van der Waals surface area contributed by atoms with Gasteiger partial charge in [-0.25, -0.2) is 4.39 Å². The molecule has 0 aromatic heterocycles. The molecule has 4 heteroatoms. The lowest BCUT2D eigenvalue weighted by Crippen LogP contribution is -2.21. The van der Waals surface area contributed by atoms with E-state index in [9.17, 15) is 4.39 Å². The summed E-state index contributed by atoms with van der Waals surface area (Å²) in [6.07, 6.45) is 1.52. The minimum Gasteiger partial charge on any atom is -0.373 e. The number of ether oxygens (including phenoxy) is 1. The fourth-order valence-electron chi connectivity index (χ4n) is 2.83. The monoisotopic (exact) mass is 305 g/mol. The lowest BCUT2D eigenvalue weighted by molar-refractivity contribution is 0.0320. The van der Waals surface area contributed by atoms with Crippen LogP contribution < -0.4 is 5.73 Å². The van der Waals surface area contributed by atoms with Gasteiger partial charge in [0.2, 0.25) is 0 Å². The summed E-state index contributed by atoms with van der Waals surface area (Å²) in [5, 5.41) is 0.367. The second kappa shape index (κ2) is 6.14. The molecule has 2 aromatic carbocycles. The second-order valence-electron chi connectivity index (χ2n) is 5.32. The summed E-state index contributed by atoms with van der Waals surface area (Å²) < 4.78 is 19.0. The molecule has 2 atom stereocenters. The van der Waals surface area contributed by atoms with E-state index in [4.69, 9.17) is 22.1 Å². The third-order valence-corrected chi connectivity index (χ3v) is 4.25. The Bertz CT molecular complexity index is 646. The zero-order valence-electron chi connectivity index (χ0n) is 11.6. The SMILES string of the molecule is NC(CC1OCCc2ccccc21)c1ccc(F)cc1Cl. The molecule has 2 nitrogen and oxygen atoms in total. The van der Waals surface area contributed by atoms with Gasteiger partial charge in [0.15, 0.2) is 0 Å². The van der Waals surface area contributed by atoms with Crippen LogP contribution in [0.2, 0.25) is 5.02 Å². The molecule has 21 heavy (non-hydrogen) atoms. The number of rotatable bonds is 3. The van der Waals surface area contributed by atoms with E-state index in [1.807, 2.05) is 12.1 Å². The van der Waals surface area contributed by atoms with Crippen molar-refractivity contribution in [3.05, 3.63) is 70.0 Å². The lowest BCUT2D eigenvalue weighted by atomic mass is 9.91. The highest BCUT2D eigenvalue weighted by Crippen LogP contribution is 2.35. The van der Waals surface area contributed by atoms with Crippen molar-refractivity contribution >= 4 is 11.6 Å². The highest BCUT2D eigenvalue weighted by Gasteiger charge is 2.24. The molecule has 0 saturated heterocycles. The Kier molecular flexibility index (Phi) is 4.24.